The van der Waals surface area contributed by atoms with Crippen molar-refractivity contribution in [3.05, 3.63) is 60.0 Å². The zero-order valence-corrected chi connectivity index (χ0v) is 22.1. The van der Waals surface area contributed by atoms with Gasteiger partial charge in [-0.3, -0.25) is 4.79 Å². The molecule has 2 heterocycles. The Morgan fingerprint density at radius 3 is 2.62 bits per heavy atom. The second-order valence-corrected chi connectivity index (χ2v) is 10.5. The molecular weight excluding hydrogens is 462 g/mol. The number of nitrogens with one attached hydrogen (secondary N) is 2. The number of aromatic amines is 1. The average Bonchev–Trinajstić information content (AvgIpc) is 3.35. The van der Waals surface area contributed by atoms with E-state index in [2.05, 4.69) is 27.3 Å². The standard InChI is InChI=1S/C30H37N5O2/c1-35(2)29-24-8-4-5-9-26(24)33-28(34-29)10-6-7-20-11-13-21(14-12-20)19-31-30(36)27-18-22-17-23(37-3)15-16-25(22)32-27/h4-5,8-9,15-18,20-21,32H,6-7,10-14,19H2,1-3H3,(H,31,36). The molecule has 7 heteroatoms. The van der Waals surface area contributed by atoms with Crippen LogP contribution in [0.4, 0.5) is 5.82 Å². The molecule has 2 aromatic heterocycles. The van der Waals surface area contributed by atoms with Gasteiger partial charge < -0.3 is 19.9 Å². The highest BCUT2D eigenvalue weighted by Gasteiger charge is 2.22. The Balaban J connectivity index is 1.07. The number of anilines is 1. The van der Waals surface area contributed by atoms with Gasteiger partial charge in [-0.05, 0) is 67.5 Å². The van der Waals surface area contributed by atoms with Gasteiger partial charge in [0.25, 0.3) is 5.91 Å². The largest absolute Gasteiger partial charge is 0.497 e. The summed E-state index contributed by atoms with van der Waals surface area (Å²) in [6.45, 7) is 0.739. The van der Waals surface area contributed by atoms with Gasteiger partial charge >= 0.3 is 0 Å². The molecule has 0 atom stereocenters. The first-order valence-corrected chi connectivity index (χ1v) is 13.4. The molecular formula is C30H37N5O2. The molecule has 0 bridgehead atoms. The summed E-state index contributed by atoms with van der Waals surface area (Å²) in [4.78, 5) is 27.7. The van der Waals surface area contributed by atoms with Gasteiger partial charge in [-0.25, -0.2) is 9.97 Å². The molecule has 0 radical (unpaired) electrons. The molecule has 2 N–H and O–H groups in total. The van der Waals surface area contributed by atoms with E-state index in [0.717, 1.165) is 64.5 Å². The molecule has 4 aromatic rings. The molecule has 1 aliphatic rings. The number of amides is 1. The van der Waals surface area contributed by atoms with E-state index in [9.17, 15) is 4.79 Å². The highest BCUT2D eigenvalue weighted by molar-refractivity contribution is 5.98. The fourth-order valence-electron chi connectivity index (χ4n) is 5.52. The zero-order chi connectivity index (χ0) is 25.8. The summed E-state index contributed by atoms with van der Waals surface area (Å²) in [5.74, 6) is 3.99. The number of aromatic nitrogens is 3. The zero-order valence-electron chi connectivity index (χ0n) is 22.1. The Morgan fingerprint density at radius 1 is 1.05 bits per heavy atom. The number of methoxy groups -OCH3 is 1. The van der Waals surface area contributed by atoms with Crippen LogP contribution in [0.15, 0.2) is 48.5 Å². The number of aryl methyl sites for hydroxylation is 1. The molecule has 0 spiro atoms. The first kappa shape index (κ1) is 25.1. The van der Waals surface area contributed by atoms with Crippen LogP contribution in [0.1, 0.15) is 54.8 Å². The topological polar surface area (TPSA) is 83.1 Å². The Labute approximate surface area is 218 Å². The smallest absolute Gasteiger partial charge is 0.267 e. The summed E-state index contributed by atoms with van der Waals surface area (Å²) < 4.78 is 5.28. The van der Waals surface area contributed by atoms with E-state index in [1.807, 2.05) is 50.5 Å². The minimum atomic E-state index is -0.0373. The molecule has 0 unspecified atom stereocenters. The van der Waals surface area contributed by atoms with Gasteiger partial charge in [-0.1, -0.05) is 31.4 Å². The molecule has 0 saturated heterocycles. The van der Waals surface area contributed by atoms with Crippen molar-refractivity contribution in [1.82, 2.24) is 20.3 Å². The molecule has 2 aromatic carbocycles. The molecule has 1 amide bonds. The summed E-state index contributed by atoms with van der Waals surface area (Å²) in [6, 6.07) is 15.9. The Morgan fingerprint density at radius 2 is 1.84 bits per heavy atom. The van der Waals surface area contributed by atoms with Crippen molar-refractivity contribution in [1.29, 1.82) is 0 Å². The fraction of sp³-hybridized carbons (Fsp3) is 0.433. The number of H-pyrrole nitrogens is 1. The highest BCUT2D eigenvalue weighted by atomic mass is 16.5. The molecule has 37 heavy (non-hydrogen) atoms. The number of fused-ring (bicyclic) bond motifs is 2. The SMILES string of the molecule is COc1ccc2[nH]c(C(=O)NCC3CCC(CCCc4nc(N(C)C)c5ccccc5n4)CC3)cc2c1. The van der Waals surface area contributed by atoms with Crippen LogP contribution in [0, 0.1) is 11.8 Å². The van der Waals surface area contributed by atoms with Crippen molar-refractivity contribution >= 4 is 33.5 Å². The number of carbonyl (C=O) groups is 1. The van der Waals surface area contributed by atoms with Crippen LogP contribution in [0.3, 0.4) is 0 Å². The summed E-state index contributed by atoms with van der Waals surface area (Å²) in [6.07, 6.45) is 8.05. The molecule has 7 nitrogen and oxygen atoms in total. The quantitative estimate of drug-likeness (QED) is 0.307. The van der Waals surface area contributed by atoms with Gasteiger partial charge in [0, 0.05) is 43.4 Å². The number of hydrogen-bond donors (Lipinski definition) is 2. The van der Waals surface area contributed by atoms with Crippen LogP contribution >= 0.6 is 0 Å². The molecule has 1 saturated carbocycles. The maximum absolute atomic E-state index is 12.7. The van der Waals surface area contributed by atoms with Gasteiger partial charge in [0.1, 0.15) is 23.1 Å². The van der Waals surface area contributed by atoms with Gasteiger partial charge in [0.05, 0.1) is 12.6 Å². The van der Waals surface area contributed by atoms with E-state index >= 15 is 0 Å². The van der Waals surface area contributed by atoms with E-state index in [0.29, 0.717) is 11.6 Å². The van der Waals surface area contributed by atoms with Gasteiger partial charge in [0.15, 0.2) is 0 Å². The van der Waals surface area contributed by atoms with Crippen LogP contribution in [0.25, 0.3) is 21.8 Å². The lowest BCUT2D eigenvalue weighted by molar-refractivity contribution is 0.0937. The van der Waals surface area contributed by atoms with E-state index in [1.54, 1.807) is 7.11 Å². The predicted molar refractivity (Wildman–Crippen MR) is 149 cm³/mol. The Kier molecular flexibility index (Phi) is 7.58. The van der Waals surface area contributed by atoms with Crippen molar-refractivity contribution in [2.24, 2.45) is 11.8 Å². The van der Waals surface area contributed by atoms with Crippen molar-refractivity contribution in [3.8, 4) is 5.75 Å². The molecule has 5 rings (SSSR count). The number of nitrogens with zero attached hydrogens (tertiary/aromatic N) is 3. The third-order valence-corrected chi connectivity index (χ3v) is 7.66. The van der Waals surface area contributed by atoms with Crippen molar-refractivity contribution < 1.29 is 9.53 Å². The summed E-state index contributed by atoms with van der Waals surface area (Å²) >= 11 is 0. The Bertz CT molecular complexity index is 1370. The first-order valence-electron chi connectivity index (χ1n) is 13.4. The van der Waals surface area contributed by atoms with E-state index in [4.69, 9.17) is 14.7 Å². The van der Waals surface area contributed by atoms with Gasteiger partial charge in [-0.2, -0.15) is 0 Å². The van der Waals surface area contributed by atoms with Crippen molar-refractivity contribution in [3.63, 3.8) is 0 Å². The number of hydrogen-bond acceptors (Lipinski definition) is 5. The van der Waals surface area contributed by atoms with E-state index < -0.39 is 0 Å². The average molecular weight is 500 g/mol. The molecule has 1 aliphatic carbocycles. The maximum Gasteiger partial charge on any atom is 0.267 e. The summed E-state index contributed by atoms with van der Waals surface area (Å²) in [5, 5.41) is 5.23. The molecule has 1 fully saturated rings. The Hall–Kier alpha value is -3.61. The lowest BCUT2D eigenvalue weighted by Crippen LogP contribution is -2.31. The number of para-hydroxylation sites is 1. The third kappa shape index (κ3) is 5.87. The number of benzene rings is 2. The summed E-state index contributed by atoms with van der Waals surface area (Å²) in [7, 11) is 5.73. The number of rotatable bonds is 9. The lowest BCUT2D eigenvalue weighted by Gasteiger charge is -2.28. The minimum absolute atomic E-state index is 0.0373. The molecule has 0 aliphatic heterocycles. The van der Waals surface area contributed by atoms with Gasteiger partial charge in [0.2, 0.25) is 0 Å². The maximum atomic E-state index is 12.7. The van der Waals surface area contributed by atoms with Crippen LogP contribution in [-0.4, -0.2) is 48.6 Å². The van der Waals surface area contributed by atoms with Crippen LogP contribution in [0.2, 0.25) is 0 Å². The van der Waals surface area contributed by atoms with Crippen LogP contribution < -0.4 is 15.0 Å². The van der Waals surface area contributed by atoms with Crippen molar-refractivity contribution in [2.45, 2.75) is 44.9 Å². The first-order chi connectivity index (χ1) is 18.0. The lowest BCUT2D eigenvalue weighted by atomic mass is 9.80. The van der Waals surface area contributed by atoms with E-state index in [1.165, 1.54) is 32.1 Å². The monoisotopic (exact) mass is 499 g/mol. The second kappa shape index (κ2) is 11.2. The normalized spacial score (nSPS) is 17.7. The summed E-state index contributed by atoms with van der Waals surface area (Å²) in [5.41, 5.74) is 2.56. The van der Waals surface area contributed by atoms with Gasteiger partial charge in [-0.15, -0.1) is 0 Å². The highest BCUT2D eigenvalue weighted by Crippen LogP contribution is 2.32. The van der Waals surface area contributed by atoms with Crippen LogP contribution in [0.5, 0.6) is 5.75 Å². The van der Waals surface area contributed by atoms with E-state index in [-0.39, 0.29) is 5.91 Å². The third-order valence-electron chi connectivity index (χ3n) is 7.66. The molecule has 194 valence electrons. The van der Waals surface area contributed by atoms with Crippen LogP contribution in [-0.2, 0) is 6.42 Å². The number of ether oxygens (including phenoxy) is 1. The predicted octanol–water partition coefficient (Wildman–Crippen LogP) is 5.74. The second-order valence-electron chi connectivity index (χ2n) is 10.5. The fourth-order valence-corrected chi connectivity index (χ4v) is 5.52. The van der Waals surface area contributed by atoms with Crippen molar-refractivity contribution in [2.75, 3.05) is 32.6 Å². The number of carbonyl (C=O) groups excluding carboxylic acids is 1. The minimum Gasteiger partial charge on any atom is -0.497 e.